The number of carbonyl (C=O) groups excluding carboxylic acids is 1. The Bertz CT molecular complexity index is 349. The van der Waals surface area contributed by atoms with Gasteiger partial charge in [0.05, 0.1) is 0 Å². The molecule has 1 fully saturated rings. The molecule has 1 aromatic carbocycles. The Labute approximate surface area is 102 Å². The number of benzene rings is 1. The monoisotopic (exact) mass is 233 g/mol. The minimum atomic E-state index is -0.105. The van der Waals surface area contributed by atoms with Gasteiger partial charge >= 0.3 is 6.03 Å². The van der Waals surface area contributed by atoms with E-state index in [2.05, 4.69) is 16.0 Å². The predicted molar refractivity (Wildman–Crippen MR) is 67.7 cm³/mol. The lowest BCUT2D eigenvalue weighted by molar-refractivity contribution is 0.240. The minimum absolute atomic E-state index is 0.105. The number of rotatable bonds is 6. The van der Waals surface area contributed by atoms with E-state index in [1.54, 1.807) is 0 Å². The fourth-order valence-corrected chi connectivity index (χ4v) is 1.58. The first kappa shape index (κ1) is 11.9. The van der Waals surface area contributed by atoms with Crippen LogP contribution >= 0.6 is 0 Å². The Morgan fingerprint density at radius 1 is 1.12 bits per heavy atom. The van der Waals surface area contributed by atoms with Crippen LogP contribution in [0.1, 0.15) is 18.4 Å². The van der Waals surface area contributed by atoms with Crippen LogP contribution in [0.4, 0.5) is 4.79 Å². The quantitative estimate of drug-likeness (QED) is 0.647. The van der Waals surface area contributed by atoms with E-state index >= 15 is 0 Å². The van der Waals surface area contributed by atoms with Gasteiger partial charge in [-0.25, -0.2) is 4.79 Å². The van der Waals surface area contributed by atoms with Crippen LogP contribution < -0.4 is 16.0 Å². The highest BCUT2D eigenvalue weighted by molar-refractivity contribution is 5.73. The van der Waals surface area contributed by atoms with E-state index in [1.165, 1.54) is 12.8 Å². The number of amides is 2. The van der Waals surface area contributed by atoms with Gasteiger partial charge in [-0.05, 0) is 18.4 Å². The molecule has 3 N–H and O–H groups in total. The smallest absolute Gasteiger partial charge is 0.315 e. The van der Waals surface area contributed by atoms with Gasteiger partial charge in [-0.3, -0.25) is 0 Å². The molecule has 4 heteroatoms. The van der Waals surface area contributed by atoms with Crippen molar-refractivity contribution < 1.29 is 4.79 Å². The Kier molecular flexibility index (Phi) is 4.38. The Morgan fingerprint density at radius 2 is 1.88 bits per heavy atom. The lowest BCUT2D eigenvalue weighted by Gasteiger charge is -2.08. The SMILES string of the molecule is O=C(NCCNC1CC1)NCc1ccccc1. The molecule has 1 aliphatic carbocycles. The zero-order chi connectivity index (χ0) is 11.9. The molecular weight excluding hydrogens is 214 g/mol. The first-order chi connectivity index (χ1) is 8.34. The van der Waals surface area contributed by atoms with Gasteiger partial charge in [0.2, 0.25) is 0 Å². The Morgan fingerprint density at radius 3 is 2.59 bits per heavy atom. The molecule has 0 bridgehead atoms. The third-order valence-electron chi connectivity index (χ3n) is 2.72. The van der Waals surface area contributed by atoms with Gasteiger partial charge in [0, 0.05) is 25.7 Å². The molecule has 2 rings (SSSR count). The lowest BCUT2D eigenvalue weighted by Crippen LogP contribution is -2.39. The highest BCUT2D eigenvalue weighted by Crippen LogP contribution is 2.17. The topological polar surface area (TPSA) is 53.2 Å². The van der Waals surface area contributed by atoms with Gasteiger partial charge in [-0.1, -0.05) is 30.3 Å². The maximum Gasteiger partial charge on any atom is 0.315 e. The summed E-state index contributed by atoms with van der Waals surface area (Å²) in [6.07, 6.45) is 2.56. The molecule has 0 spiro atoms. The second kappa shape index (κ2) is 6.25. The van der Waals surface area contributed by atoms with Gasteiger partial charge in [-0.15, -0.1) is 0 Å². The molecule has 0 unspecified atom stereocenters. The summed E-state index contributed by atoms with van der Waals surface area (Å²) in [5, 5.41) is 8.99. The number of hydrogen-bond acceptors (Lipinski definition) is 2. The maximum absolute atomic E-state index is 11.4. The molecule has 1 aliphatic rings. The Hall–Kier alpha value is -1.55. The summed E-state index contributed by atoms with van der Waals surface area (Å²) >= 11 is 0. The molecule has 2 amide bonds. The summed E-state index contributed by atoms with van der Waals surface area (Å²) in [4.78, 5) is 11.4. The molecule has 0 saturated heterocycles. The second-order valence-corrected chi connectivity index (χ2v) is 4.32. The molecule has 4 nitrogen and oxygen atoms in total. The van der Waals surface area contributed by atoms with Crippen molar-refractivity contribution >= 4 is 6.03 Å². The van der Waals surface area contributed by atoms with Crippen molar-refractivity contribution in [1.29, 1.82) is 0 Å². The van der Waals surface area contributed by atoms with Crippen molar-refractivity contribution in [3.63, 3.8) is 0 Å². The normalized spacial score (nSPS) is 14.4. The zero-order valence-corrected chi connectivity index (χ0v) is 9.91. The highest BCUT2D eigenvalue weighted by Gasteiger charge is 2.19. The average molecular weight is 233 g/mol. The maximum atomic E-state index is 11.4. The standard InChI is InChI=1S/C13H19N3O/c17-13(15-9-8-14-12-6-7-12)16-10-11-4-2-1-3-5-11/h1-5,12,14H,6-10H2,(H2,15,16,17). The van der Waals surface area contributed by atoms with Gasteiger partial charge in [0.25, 0.3) is 0 Å². The summed E-state index contributed by atoms with van der Waals surface area (Å²) in [6, 6.07) is 10.5. The van der Waals surface area contributed by atoms with Crippen molar-refractivity contribution in [3.05, 3.63) is 35.9 Å². The molecular formula is C13H19N3O. The van der Waals surface area contributed by atoms with E-state index in [4.69, 9.17) is 0 Å². The first-order valence-corrected chi connectivity index (χ1v) is 6.13. The average Bonchev–Trinajstić information content (AvgIpc) is 3.17. The minimum Gasteiger partial charge on any atom is -0.337 e. The van der Waals surface area contributed by atoms with Crippen LogP contribution in [-0.4, -0.2) is 25.2 Å². The highest BCUT2D eigenvalue weighted by atomic mass is 16.2. The van der Waals surface area contributed by atoms with Crippen molar-refractivity contribution in [3.8, 4) is 0 Å². The number of urea groups is 1. The summed E-state index contributed by atoms with van der Waals surface area (Å²) in [6.45, 7) is 2.10. The van der Waals surface area contributed by atoms with Gasteiger partial charge in [0.15, 0.2) is 0 Å². The van der Waals surface area contributed by atoms with Crippen LogP contribution in [0.3, 0.4) is 0 Å². The van der Waals surface area contributed by atoms with Crippen molar-refractivity contribution in [1.82, 2.24) is 16.0 Å². The molecule has 0 heterocycles. The number of carbonyl (C=O) groups is 1. The molecule has 1 saturated carbocycles. The third-order valence-corrected chi connectivity index (χ3v) is 2.72. The van der Waals surface area contributed by atoms with Crippen LogP contribution in [0.5, 0.6) is 0 Å². The molecule has 0 atom stereocenters. The van der Waals surface area contributed by atoms with E-state index in [0.29, 0.717) is 19.1 Å². The van der Waals surface area contributed by atoms with E-state index in [9.17, 15) is 4.79 Å². The predicted octanol–water partition coefficient (Wildman–Crippen LogP) is 1.24. The van der Waals surface area contributed by atoms with Crippen LogP contribution in [-0.2, 0) is 6.54 Å². The van der Waals surface area contributed by atoms with Crippen LogP contribution in [0.2, 0.25) is 0 Å². The van der Waals surface area contributed by atoms with Gasteiger partial charge in [0.1, 0.15) is 0 Å². The van der Waals surface area contributed by atoms with Crippen molar-refractivity contribution in [2.24, 2.45) is 0 Å². The first-order valence-electron chi connectivity index (χ1n) is 6.13. The largest absolute Gasteiger partial charge is 0.337 e. The third kappa shape index (κ3) is 4.87. The summed E-state index contributed by atoms with van der Waals surface area (Å²) < 4.78 is 0. The van der Waals surface area contributed by atoms with E-state index in [-0.39, 0.29) is 6.03 Å². The summed E-state index contributed by atoms with van der Waals surface area (Å²) in [5.74, 6) is 0. The van der Waals surface area contributed by atoms with Gasteiger partial charge < -0.3 is 16.0 Å². The Balaban J connectivity index is 1.54. The molecule has 92 valence electrons. The van der Waals surface area contributed by atoms with E-state index in [0.717, 1.165) is 12.1 Å². The van der Waals surface area contributed by atoms with E-state index in [1.807, 2.05) is 30.3 Å². The molecule has 17 heavy (non-hydrogen) atoms. The van der Waals surface area contributed by atoms with Crippen LogP contribution in [0.15, 0.2) is 30.3 Å². The number of hydrogen-bond donors (Lipinski definition) is 3. The van der Waals surface area contributed by atoms with E-state index < -0.39 is 0 Å². The van der Waals surface area contributed by atoms with Gasteiger partial charge in [-0.2, -0.15) is 0 Å². The number of nitrogens with one attached hydrogen (secondary N) is 3. The lowest BCUT2D eigenvalue weighted by atomic mass is 10.2. The molecule has 0 aliphatic heterocycles. The molecule has 0 aromatic heterocycles. The fourth-order valence-electron chi connectivity index (χ4n) is 1.58. The van der Waals surface area contributed by atoms with Crippen molar-refractivity contribution in [2.45, 2.75) is 25.4 Å². The van der Waals surface area contributed by atoms with Crippen LogP contribution in [0, 0.1) is 0 Å². The summed E-state index contributed by atoms with van der Waals surface area (Å²) in [5.41, 5.74) is 1.11. The molecule has 0 radical (unpaired) electrons. The zero-order valence-electron chi connectivity index (χ0n) is 9.91. The summed E-state index contributed by atoms with van der Waals surface area (Å²) in [7, 11) is 0. The van der Waals surface area contributed by atoms with Crippen LogP contribution in [0.25, 0.3) is 0 Å². The second-order valence-electron chi connectivity index (χ2n) is 4.32. The fraction of sp³-hybridized carbons (Fsp3) is 0.462. The molecule has 1 aromatic rings. The van der Waals surface area contributed by atoms with Crippen molar-refractivity contribution in [2.75, 3.05) is 13.1 Å².